The fraction of sp³-hybridized carbons (Fsp3) is 0.154. The van der Waals surface area contributed by atoms with E-state index < -0.39 is 10.0 Å². The number of nitrogens with one attached hydrogen (secondary N) is 3. The van der Waals surface area contributed by atoms with E-state index in [0.29, 0.717) is 11.5 Å². The Bertz CT molecular complexity index is 828. The van der Waals surface area contributed by atoms with Crippen LogP contribution in [0.2, 0.25) is 0 Å². The molecule has 0 radical (unpaired) electrons. The van der Waals surface area contributed by atoms with Gasteiger partial charge in [0.1, 0.15) is 10.1 Å². The van der Waals surface area contributed by atoms with E-state index in [1.54, 1.807) is 25.1 Å². The summed E-state index contributed by atoms with van der Waals surface area (Å²) in [4.78, 5) is 8.27. The minimum absolute atomic E-state index is 0. The molecule has 0 fully saturated rings. The first-order chi connectivity index (χ1) is 10.8. The molecule has 2 rings (SSSR count). The predicted molar refractivity (Wildman–Crippen MR) is 97.1 cm³/mol. The first kappa shape index (κ1) is 21.8. The molecule has 1 heterocycles. The van der Waals surface area contributed by atoms with E-state index >= 15 is 0 Å². The van der Waals surface area contributed by atoms with Crippen LogP contribution in [0.4, 0.5) is 11.8 Å². The van der Waals surface area contributed by atoms with Crippen molar-refractivity contribution >= 4 is 51.0 Å². The number of thiocarbonyl (C=S) groups is 1. The number of anilines is 2. The molecule has 1 aromatic carbocycles. The van der Waals surface area contributed by atoms with Crippen molar-refractivity contribution in [3.63, 3.8) is 0 Å². The van der Waals surface area contributed by atoms with Gasteiger partial charge in [0, 0.05) is 11.8 Å². The molecule has 0 spiro atoms. The maximum atomic E-state index is 12.3. The molecule has 0 saturated carbocycles. The summed E-state index contributed by atoms with van der Waals surface area (Å²) in [5.74, 6) is 0.315. The van der Waals surface area contributed by atoms with Crippen molar-refractivity contribution < 1.29 is 59.8 Å². The first-order valence-corrected chi connectivity index (χ1v) is 8.80. The van der Waals surface area contributed by atoms with Gasteiger partial charge in [-0.3, -0.25) is 10.9 Å². The average Bonchev–Trinajstić information content (AvgIpc) is 2.44. The zero-order chi connectivity index (χ0) is 17.0. The average molecular weight is 409 g/mol. The third kappa shape index (κ3) is 6.56. The summed E-state index contributed by atoms with van der Waals surface area (Å²) in [6.45, 7) is 3.60. The Kier molecular flexibility index (Phi) is 8.55. The van der Waals surface area contributed by atoms with Crippen molar-refractivity contribution in [2.75, 3.05) is 10.1 Å². The predicted octanol–water partition coefficient (Wildman–Crippen LogP) is -0.971. The maximum absolute atomic E-state index is 12.3. The second-order valence-corrected chi connectivity index (χ2v) is 7.53. The molecule has 0 unspecified atom stereocenters. The number of hydrogen-bond acceptors (Lipinski definition) is 6. The van der Waals surface area contributed by atoms with E-state index in [2.05, 4.69) is 38.2 Å². The Labute approximate surface area is 194 Å². The van der Waals surface area contributed by atoms with Crippen molar-refractivity contribution in [3.05, 3.63) is 41.6 Å². The zero-order valence-corrected chi connectivity index (χ0v) is 19.0. The molecule has 2 aromatic rings. The molecule has 11 heteroatoms. The Morgan fingerprint density at radius 2 is 1.79 bits per heavy atom. The third-order valence-corrected chi connectivity index (χ3v) is 4.27. The molecule has 0 saturated heterocycles. The summed E-state index contributed by atoms with van der Waals surface area (Å²) >= 11 is 8.67. The Hall–Kier alpha value is -0.274. The van der Waals surface area contributed by atoms with Crippen LogP contribution in [0.1, 0.15) is 11.3 Å². The van der Waals surface area contributed by atoms with Crippen LogP contribution in [-0.2, 0) is 10.0 Å². The second kappa shape index (κ2) is 9.43. The molecule has 0 amide bonds. The molecule has 1 aromatic heterocycles. The number of rotatable bonds is 5. The maximum Gasteiger partial charge on any atom is 1.00 e. The van der Waals surface area contributed by atoms with E-state index in [-0.39, 0.29) is 66.5 Å². The Morgan fingerprint density at radius 1 is 1.17 bits per heavy atom. The topological polar surface area (TPSA) is 96.0 Å². The van der Waals surface area contributed by atoms with Gasteiger partial charge in [0.15, 0.2) is 0 Å². The monoisotopic (exact) mass is 408 g/mol. The number of nitrogens with zero attached hydrogens (tertiary/aromatic N) is 2. The van der Waals surface area contributed by atoms with E-state index in [1.165, 1.54) is 12.1 Å². The number of sulfonamides is 1. The fourth-order valence-corrected chi connectivity index (χ4v) is 2.74. The fourth-order valence-electron chi connectivity index (χ4n) is 1.69. The van der Waals surface area contributed by atoms with Crippen LogP contribution >= 0.6 is 24.8 Å². The van der Waals surface area contributed by atoms with Crippen LogP contribution in [0.25, 0.3) is 0 Å². The van der Waals surface area contributed by atoms with Crippen molar-refractivity contribution in [2.45, 2.75) is 18.7 Å². The summed E-state index contributed by atoms with van der Waals surface area (Å²) in [5.41, 5.74) is 6.85. The molecular formula is C13H15KN5O2S3+. The standard InChI is InChI=1S/C13H15N5O2S3.K/c1-8-3-5-10(6-4-8)23(19,20)18-12-14-9(2)7-11(15-12)16-17-13(21)22;/h3-7H,1-2H3,(H2,17,21,22)(H2,14,15,16,18);/q;+1. The summed E-state index contributed by atoms with van der Waals surface area (Å²) in [6, 6.07) is 8.11. The van der Waals surface area contributed by atoms with Crippen molar-refractivity contribution in [2.24, 2.45) is 0 Å². The van der Waals surface area contributed by atoms with Gasteiger partial charge in [-0.05, 0) is 26.0 Å². The van der Waals surface area contributed by atoms with Crippen LogP contribution in [0.3, 0.4) is 0 Å². The van der Waals surface area contributed by atoms with E-state index in [1.807, 2.05) is 6.92 Å². The molecule has 0 aliphatic carbocycles. The number of aryl methyl sites for hydroxylation is 2. The van der Waals surface area contributed by atoms with Crippen LogP contribution in [0.15, 0.2) is 35.2 Å². The Morgan fingerprint density at radius 3 is 2.38 bits per heavy atom. The Balaban J connectivity index is 0.00000288. The molecule has 24 heavy (non-hydrogen) atoms. The van der Waals surface area contributed by atoms with E-state index in [9.17, 15) is 8.42 Å². The molecule has 0 aliphatic heterocycles. The largest absolute Gasteiger partial charge is 1.00 e. The number of benzene rings is 1. The molecular weight excluding hydrogens is 393 g/mol. The summed E-state index contributed by atoms with van der Waals surface area (Å²) in [7, 11) is -3.76. The van der Waals surface area contributed by atoms with Gasteiger partial charge in [-0.1, -0.05) is 29.9 Å². The van der Waals surface area contributed by atoms with Crippen LogP contribution < -0.4 is 67.0 Å². The SMILES string of the molecule is Cc1ccc(S(=O)(=O)Nc2nc(C)cc(NNC(=S)S)n2)cc1.[K+]. The van der Waals surface area contributed by atoms with E-state index in [0.717, 1.165) is 5.56 Å². The minimum atomic E-state index is -3.76. The van der Waals surface area contributed by atoms with Gasteiger partial charge in [-0.2, -0.15) is 4.98 Å². The van der Waals surface area contributed by atoms with Gasteiger partial charge in [0.05, 0.1) is 4.90 Å². The number of aromatic nitrogens is 2. The van der Waals surface area contributed by atoms with Gasteiger partial charge in [-0.25, -0.2) is 18.1 Å². The quantitative estimate of drug-likeness (QED) is 0.219. The molecule has 0 atom stereocenters. The molecule has 3 N–H and O–H groups in total. The third-order valence-electron chi connectivity index (χ3n) is 2.71. The van der Waals surface area contributed by atoms with Crippen LogP contribution in [-0.4, -0.2) is 22.7 Å². The minimum Gasteiger partial charge on any atom is -0.284 e. The molecule has 0 bridgehead atoms. The van der Waals surface area contributed by atoms with Crippen molar-refractivity contribution in [3.8, 4) is 0 Å². The van der Waals surface area contributed by atoms with Gasteiger partial charge < -0.3 is 0 Å². The van der Waals surface area contributed by atoms with Gasteiger partial charge in [0.2, 0.25) is 5.95 Å². The van der Waals surface area contributed by atoms with Crippen LogP contribution in [0.5, 0.6) is 0 Å². The molecule has 7 nitrogen and oxygen atoms in total. The number of hydrazine groups is 1. The zero-order valence-electron chi connectivity index (χ0n) is 13.4. The summed E-state index contributed by atoms with van der Waals surface area (Å²) in [5, 5.41) is 0. The summed E-state index contributed by atoms with van der Waals surface area (Å²) < 4.78 is 27.3. The van der Waals surface area contributed by atoms with Crippen molar-refractivity contribution in [1.29, 1.82) is 0 Å². The number of thiol groups is 1. The molecule has 0 aliphatic rings. The normalized spacial score (nSPS) is 10.5. The smallest absolute Gasteiger partial charge is 0.284 e. The summed E-state index contributed by atoms with van der Waals surface area (Å²) in [6.07, 6.45) is 0. The van der Waals surface area contributed by atoms with Gasteiger partial charge in [0.25, 0.3) is 10.0 Å². The van der Waals surface area contributed by atoms with Crippen LogP contribution in [0, 0.1) is 13.8 Å². The molecule has 122 valence electrons. The number of hydrogen-bond donors (Lipinski definition) is 4. The van der Waals surface area contributed by atoms with Gasteiger partial charge >= 0.3 is 51.4 Å². The van der Waals surface area contributed by atoms with E-state index in [4.69, 9.17) is 12.2 Å². The van der Waals surface area contributed by atoms with Gasteiger partial charge in [-0.15, -0.1) is 12.6 Å². The second-order valence-electron chi connectivity index (χ2n) is 4.69. The van der Waals surface area contributed by atoms with Crippen molar-refractivity contribution in [1.82, 2.24) is 15.4 Å². The first-order valence-electron chi connectivity index (χ1n) is 6.46.